The maximum absolute atomic E-state index is 11.3. The molecule has 0 aliphatic heterocycles. The molecule has 0 saturated carbocycles. The molecule has 0 aromatic carbocycles. The number of nitrogens with one attached hydrogen (secondary N) is 2. The van der Waals surface area contributed by atoms with Crippen LogP contribution in [0.25, 0.3) is 0 Å². The third-order valence-corrected chi connectivity index (χ3v) is 3.34. The molecule has 0 aliphatic rings. The molecule has 1 aromatic heterocycles. The second kappa shape index (κ2) is 5.66. The number of nitrogens with two attached hydrogens (primary N) is 1. The van der Waals surface area contributed by atoms with Gasteiger partial charge < -0.3 is 11.1 Å². The molecule has 0 aliphatic carbocycles. The third kappa shape index (κ3) is 4.03. The maximum Gasteiger partial charge on any atom is 0.213 e. The van der Waals surface area contributed by atoms with Crippen molar-refractivity contribution in [3.63, 3.8) is 0 Å². The molecule has 4 N–H and O–H groups in total. The van der Waals surface area contributed by atoms with Crippen molar-refractivity contribution in [1.82, 2.24) is 9.71 Å². The van der Waals surface area contributed by atoms with E-state index in [1.165, 1.54) is 0 Å². The Kier molecular flexibility index (Phi) is 4.51. The highest BCUT2D eigenvalue weighted by Crippen LogP contribution is 2.12. The molecular weight excluding hydrogens is 228 g/mol. The zero-order chi connectivity index (χ0) is 12.0. The van der Waals surface area contributed by atoms with Crippen LogP contribution in [0.4, 0.5) is 11.5 Å². The van der Waals surface area contributed by atoms with Gasteiger partial charge in [0.1, 0.15) is 5.82 Å². The standard InChI is InChI=1S/C9H16N4O2S/c1-2-13-16(14,15)7-6-12-9-8(10)4-3-5-11-9/h3-5,13H,2,6-7,10H2,1H3,(H,11,12). The molecule has 0 saturated heterocycles. The van der Waals surface area contributed by atoms with E-state index in [1.807, 2.05) is 0 Å². The first-order valence-corrected chi connectivity index (χ1v) is 6.62. The van der Waals surface area contributed by atoms with Crippen LogP contribution < -0.4 is 15.8 Å². The van der Waals surface area contributed by atoms with Gasteiger partial charge in [0.25, 0.3) is 0 Å². The van der Waals surface area contributed by atoms with Gasteiger partial charge in [-0.1, -0.05) is 6.92 Å². The molecule has 0 fully saturated rings. The van der Waals surface area contributed by atoms with E-state index in [9.17, 15) is 8.42 Å². The SMILES string of the molecule is CCNS(=O)(=O)CCNc1ncccc1N. The van der Waals surface area contributed by atoms with Crippen LogP contribution in [-0.2, 0) is 10.0 Å². The highest BCUT2D eigenvalue weighted by atomic mass is 32.2. The van der Waals surface area contributed by atoms with Crippen molar-refractivity contribution in [2.24, 2.45) is 0 Å². The molecule has 0 spiro atoms. The van der Waals surface area contributed by atoms with Crippen molar-refractivity contribution in [2.75, 3.05) is 29.9 Å². The largest absolute Gasteiger partial charge is 0.396 e. The Bertz CT molecular complexity index is 433. The summed E-state index contributed by atoms with van der Waals surface area (Å²) in [5.74, 6) is 0.505. The fourth-order valence-corrected chi connectivity index (χ4v) is 2.12. The maximum atomic E-state index is 11.3. The fraction of sp³-hybridized carbons (Fsp3) is 0.444. The molecular formula is C9H16N4O2S. The van der Waals surface area contributed by atoms with Gasteiger partial charge in [-0.2, -0.15) is 0 Å². The van der Waals surface area contributed by atoms with Crippen LogP contribution in [-0.4, -0.2) is 32.2 Å². The Hall–Kier alpha value is -1.34. The number of sulfonamides is 1. The molecule has 16 heavy (non-hydrogen) atoms. The minimum Gasteiger partial charge on any atom is -0.396 e. The summed E-state index contributed by atoms with van der Waals surface area (Å²) in [7, 11) is -3.20. The van der Waals surface area contributed by atoms with Gasteiger partial charge in [-0.05, 0) is 12.1 Å². The number of aromatic nitrogens is 1. The topological polar surface area (TPSA) is 97.1 Å². The molecule has 7 heteroatoms. The lowest BCUT2D eigenvalue weighted by molar-refractivity contribution is 0.584. The average Bonchev–Trinajstić information content (AvgIpc) is 2.20. The number of nitrogens with zero attached hydrogens (tertiary/aromatic N) is 1. The minimum atomic E-state index is -3.20. The van der Waals surface area contributed by atoms with Crippen molar-refractivity contribution < 1.29 is 8.42 Å². The van der Waals surface area contributed by atoms with Crippen molar-refractivity contribution in [3.05, 3.63) is 18.3 Å². The third-order valence-electron chi connectivity index (χ3n) is 1.87. The van der Waals surface area contributed by atoms with Gasteiger partial charge in [0.05, 0.1) is 11.4 Å². The van der Waals surface area contributed by atoms with Gasteiger partial charge in [0.15, 0.2) is 0 Å². The average molecular weight is 244 g/mol. The number of pyridine rings is 1. The van der Waals surface area contributed by atoms with E-state index in [-0.39, 0.29) is 12.3 Å². The molecule has 1 aromatic rings. The second-order valence-corrected chi connectivity index (χ2v) is 5.11. The summed E-state index contributed by atoms with van der Waals surface area (Å²) in [4.78, 5) is 3.99. The van der Waals surface area contributed by atoms with Crippen LogP contribution in [0, 0.1) is 0 Å². The van der Waals surface area contributed by atoms with Gasteiger partial charge in [-0.3, -0.25) is 0 Å². The van der Waals surface area contributed by atoms with Crippen LogP contribution in [0.5, 0.6) is 0 Å². The first kappa shape index (κ1) is 12.7. The number of nitrogen functional groups attached to an aromatic ring is 1. The summed E-state index contributed by atoms with van der Waals surface area (Å²) in [6, 6.07) is 3.42. The Balaban J connectivity index is 2.45. The second-order valence-electron chi connectivity index (χ2n) is 3.18. The smallest absolute Gasteiger partial charge is 0.213 e. The lowest BCUT2D eigenvalue weighted by Crippen LogP contribution is -2.29. The zero-order valence-electron chi connectivity index (χ0n) is 9.10. The molecule has 90 valence electrons. The Morgan fingerprint density at radius 3 is 2.88 bits per heavy atom. The first-order chi connectivity index (χ1) is 7.55. The normalized spacial score (nSPS) is 11.3. The van der Waals surface area contributed by atoms with Crippen LogP contribution in [0.15, 0.2) is 18.3 Å². The summed E-state index contributed by atoms with van der Waals surface area (Å²) in [6.07, 6.45) is 1.59. The molecule has 1 heterocycles. The van der Waals surface area contributed by atoms with Crippen LogP contribution >= 0.6 is 0 Å². The number of rotatable bonds is 6. The number of hydrogen-bond donors (Lipinski definition) is 3. The van der Waals surface area contributed by atoms with E-state index >= 15 is 0 Å². The van der Waals surface area contributed by atoms with Gasteiger partial charge in [-0.25, -0.2) is 18.1 Å². The Morgan fingerprint density at radius 1 is 1.50 bits per heavy atom. The monoisotopic (exact) mass is 244 g/mol. The highest BCUT2D eigenvalue weighted by Gasteiger charge is 2.08. The lowest BCUT2D eigenvalue weighted by Gasteiger charge is -2.08. The summed E-state index contributed by atoms with van der Waals surface area (Å²) < 4.78 is 25.0. The van der Waals surface area contributed by atoms with Gasteiger partial charge in [0, 0.05) is 19.3 Å². The molecule has 0 amide bonds. The minimum absolute atomic E-state index is 0.00312. The summed E-state index contributed by atoms with van der Waals surface area (Å²) in [5, 5.41) is 2.87. The van der Waals surface area contributed by atoms with E-state index in [2.05, 4.69) is 15.0 Å². The zero-order valence-corrected chi connectivity index (χ0v) is 9.92. The molecule has 1 rings (SSSR count). The molecule has 0 unspecified atom stereocenters. The van der Waals surface area contributed by atoms with Gasteiger partial charge >= 0.3 is 0 Å². The van der Waals surface area contributed by atoms with E-state index in [0.29, 0.717) is 18.1 Å². The van der Waals surface area contributed by atoms with Crippen LogP contribution in [0.3, 0.4) is 0 Å². The molecule has 0 bridgehead atoms. The highest BCUT2D eigenvalue weighted by molar-refractivity contribution is 7.89. The van der Waals surface area contributed by atoms with E-state index in [4.69, 9.17) is 5.73 Å². The number of hydrogen-bond acceptors (Lipinski definition) is 5. The van der Waals surface area contributed by atoms with E-state index in [0.717, 1.165) is 0 Å². The molecule has 0 radical (unpaired) electrons. The molecule has 6 nitrogen and oxygen atoms in total. The van der Waals surface area contributed by atoms with E-state index < -0.39 is 10.0 Å². The van der Waals surface area contributed by atoms with Crippen LogP contribution in [0.2, 0.25) is 0 Å². The van der Waals surface area contributed by atoms with Crippen molar-refractivity contribution in [1.29, 1.82) is 0 Å². The number of anilines is 2. The predicted octanol–water partition coefficient (Wildman–Crippen LogP) is 0.0150. The van der Waals surface area contributed by atoms with Gasteiger partial charge in [0.2, 0.25) is 10.0 Å². The van der Waals surface area contributed by atoms with E-state index in [1.54, 1.807) is 25.3 Å². The Labute approximate surface area is 95.3 Å². The molecule has 0 atom stereocenters. The van der Waals surface area contributed by atoms with Gasteiger partial charge in [-0.15, -0.1) is 0 Å². The van der Waals surface area contributed by atoms with Crippen molar-refractivity contribution in [3.8, 4) is 0 Å². The summed E-state index contributed by atoms with van der Waals surface area (Å²) >= 11 is 0. The fourth-order valence-electron chi connectivity index (χ4n) is 1.16. The van der Waals surface area contributed by atoms with Crippen LogP contribution in [0.1, 0.15) is 6.92 Å². The first-order valence-electron chi connectivity index (χ1n) is 4.97. The summed E-state index contributed by atoms with van der Waals surface area (Å²) in [5.41, 5.74) is 6.14. The Morgan fingerprint density at radius 2 is 2.25 bits per heavy atom. The quantitative estimate of drug-likeness (QED) is 0.655. The van der Waals surface area contributed by atoms with Crippen molar-refractivity contribution in [2.45, 2.75) is 6.92 Å². The van der Waals surface area contributed by atoms with Crippen molar-refractivity contribution >= 4 is 21.5 Å². The predicted molar refractivity (Wildman–Crippen MR) is 64.6 cm³/mol. The summed E-state index contributed by atoms with van der Waals surface area (Å²) in [6.45, 7) is 2.41. The lowest BCUT2D eigenvalue weighted by atomic mass is 10.4.